The van der Waals surface area contributed by atoms with E-state index in [0.717, 1.165) is 37.1 Å². The van der Waals surface area contributed by atoms with Gasteiger partial charge in [0, 0.05) is 23.8 Å². The molecule has 3 heteroatoms. The van der Waals surface area contributed by atoms with Crippen LogP contribution >= 0.6 is 0 Å². The van der Waals surface area contributed by atoms with E-state index in [2.05, 4.69) is 31.7 Å². The SMILES string of the molecule is CCCCN(c1cc(C#N)ccc1[C@@H](C)O)C(C)CC. The van der Waals surface area contributed by atoms with Crippen LogP contribution in [0.1, 0.15) is 64.2 Å². The number of nitriles is 1. The van der Waals surface area contributed by atoms with Crippen LogP contribution in [0.2, 0.25) is 0 Å². The molecule has 1 unspecified atom stereocenters. The average molecular weight is 274 g/mol. The summed E-state index contributed by atoms with van der Waals surface area (Å²) in [5.74, 6) is 0. The highest BCUT2D eigenvalue weighted by Crippen LogP contribution is 2.30. The number of rotatable bonds is 7. The molecule has 1 rings (SSSR count). The number of nitrogens with zero attached hydrogens (tertiary/aromatic N) is 2. The summed E-state index contributed by atoms with van der Waals surface area (Å²) in [6.45, 7) is 9.27. The van der Waals surface area contributed by atoms with Crippen molar-refractivity contribution >= 4 is 5.69 Å². The van der Waals surface area contributed by atoms with Gasteiger partial charge in [-0.25, -0.2) is 0 Å². The van der Waals surface area contributed by atoms with Crippen molar-refractivity contribution in [3.8, 4) is 6.07 Å². The van der Waals surface area contributed by atoms with Crippen molar-refractivity contribution in [1.29, 1.82) is 5.26 Å². The van der Waals surface area contributed by atoms with Gasteiger partial charge in [-0.1, -0.05) is 26.3 Å². The smallest absolute Gasteiger partial charge is 0.0992 e. The number of benzene rings is 1. The van der Waals surface area contributed by atoms with Crippen molar-refractivity contribution in [3.63, 3.8) is 0 Å². The molecule has 2 atom stereocenters. The fourth-order valence-electron chi connectivity index (χ4n) is 2.34. The standard InChI is InChI=1S/C17H26N2O/c1-5-7-10-19(13(3)6-2)17-11-15(12-18)8-9-16(17)14(4)20/h8-9,11,13-14,20H,5-7,10H2,1-4H3/t13?,14-/m1/s1. The van der Waals surface area contributed by atoms with Gasteiger partial charge >= 0.3 is 0 Å². The molecule has 0 bridgehead atoms. The molecule has 0 spiro atoms. The molecule has 0 fully saturated rings. The average Bonchev–Trinajstić information content (AvgIpc) is 2.46. The van der Waals surface area contributed by atoms with Gasteiger partial charge in [0.1, 0.15) is 0 Å². The molecule has 20 heavy (non-hydrogen) atoms. The molecular formula is C17H26N2O. The Kier molecular flexibility index (Phi) is 6.54. The van der Waals surface area contributed by atoms with Crippen molar-refractivity contribution < 1.29 is 5.11 Å². The molecule has 0 aromatic heterocycles. The Labute approximate surface area is 122 Å². The summed E-state index contributed by atoms with van der Waals surface area (Å²) in [5.41, 5.74) is 2.55. The summed E-state index contributed by atoms with van der Waals surface area (Å²) in [6.07, 6.45) is 2.76. The Balaban J connectivity index is 3.24. The molecule has 0 aliphatic heterocycles. The lowest BCUT2D eigenvalue weighted by Crippen LogP contribution is -2.34. The van der Waals surface area contributed by atoms with Crippen LogP contribution in [0.25, 0.3) is 0 Å². The van der Waals surface area contributed by atoms with E-state index in [1.165, 1.54) is 0 Å². The van der Waals surface area contributed by atoms with Crippen LogP contribution in [0.4, 0.5) is 5.69 Å². The number of aliphatic hydroxyl groups excluding tert-OH is 1. The van der Waals surface area contributed by atoms with Crippen molar-refractivity contribution in [1.82, 2.24) is 0 Å². The fraction of sp³-hybridized carbons (Fsp3) is 0.588. The van der Waals surface area contributed by atoms with Gasteiger partial charge in [0.2, 0.25) is 0 Å². The topological polar surface area (TPSA) is 47.3 Å². The zero-order valence-electron chi connectivity index (χ0n) is 13.1. The third-order valence-electron chi connectivity index (χ3n) is 3.79. The summed E-state index contributed by atoms with van der Waals surface area (Å²) < 4.78 is 0. The molecule has 1 N–H and O–H groups in total. The van der Waals surface area contributed by atoms with Crippen LogP contribution in [0, 0.1) is 11.3 Å². The van der Waals surface area contributed by atoms with E-state index in [0.29, 0.717) is 11.6 Å². The minimum atomic E-state index is -0.522. The van der Waals surface area contributed by atoms with E-state index < -0.39 is 6.10 Å². The molecule has 0 amide bonds. The maximum atomic E-state index is 9.99. The summed E-state index contributed by atoms with van der Waals surface area (Å²) in [7, 11) is 0. The van der Waals surface area contributed by atoms with Crippen LogP contribution in [0.15, 0.2) is 18.2 Å². The van der Waals surface area contributed by atoms with E-state index in [1.807, 2.05) is 12.1 Å². The quantitative estimate of drug-likeness (QED) is 0.817. The molecule has 3 nitrogen and oxygen atoms in total. The number of anilines is 1. The van der Waals surface area contributed by atoms with Crippen LogP contribution in [-0.2, 0) is 0 Å². The first-order valence-corrected chi connectivity index (χ1v) is 7.53. The van der Waals surface area contributed by atoms with Crippen molar-refractivity contribution in [3.05, 3.63) is 29.3 Å². The predicted molar refractivity (Wildman–Crippen MR) is 83.8 cm³/mol. The van der Waals surface area contributed by atoms with E-state index in [1.54, 1.807) is 13.0 Å². The summed E-state index contributed by atoms with van der Waals surface area (Å²) in [5, 5.41) is 19.1. The van der Waals surface area contributed by atoms with Gasteiger partial charge in [0.15, 0.2) is 0 Å². The number of hydrogen-bond acceptors (Lipinski definition) is 3. The Morgan fingerprint density at radius 1 is 1.30 bits per heavy atom. The van der Waals surface area contributed by atoms with Gasteiger partial charge in [0.25, 0.3) is 0 Å². The first-order valence-electron chi connectivity index (χ1n) is 7.53. The summed E-state index contributed by atoms with van der Waals surface area (Å²) >= 11 is 0. The molecule has 110 valence electrons. The van der Waals surface area contributed by atoms with Crippen molar-refractivity contribution in [2.75, 3.05) is 11.4 Å². The van der Waals surface area contributed by atoms with E-state index in [9.17, 15) is 5.11 Å². The highest BCUT2D eigenvalue weighted by Gasteiger charge is 2.18. The van der Waals surface area contributed by atoms with Crippen molar-refractivity contribution in [2.45, 2.75) is 59.1 Å². The normalized spacial score (nSPS) is 13.6. The Morgan fingerprint density at radius 3 is 2.50 bits per heavy atom. The summed E-state index contributed by atoms with van der Waals surface area (Å²) in [4.78, 5) is 2.33. The van der Waals surface area contributed by atoms with Crippen molar-refractivity contribution in [2.24, 2.45) is 0 Å². The first-order chi connectivity index (χ1) is 9.54. The van der Waals surface area contributed by atoms with Gasteiger partial charge in [-0.3, -0.25) is 0 Å². The Morgan fingerprint density at radius 2 is 2.00 bits per heavy atom. The fourth-order valence-corrected chi connectivity index (χ4v) is 2.34. The zero-order chi connectivity index (χ0) is 15.1. The second kappa shape index (κ2) is 7.91. The summed E-state index contributed by atoms with van der Waals surface area (Å²) in [6, 6.07) is 8.15. The minimum Gasteiger partial charge on any atom is -0.389 e. The molecule has 0 saturated carbocycles. The second-order valence-electron chi connectivity index (χ2n) is 5.37. The minimum absolute atomic E-state index is 0.396. The third kappa shape index (κ3) is 3.98. The molecule has 1 aromatic carbocycles. The van der Waals surface area contributed by atoms with Gasteiger partial charge in [-0.15, -0.1) is 0 Å². The lowest BCUT2D eigenvalue weighted by Gasteiger charge is -2.33. The number of aliphatic hydroxyl groups is 1. The van der Waals surface area contributed by atoms with Gasteiger partial charge in [0.05, 0.1) is 17.7 Å². The van der Waals surface area contributed by atoms with E-state index in [4.69, 9.17) is 5.26 Å². The molecule has 0 saturated heterocycles. The molecular weight excluding hydrogens is 248 g/mol. The lowest BCUT2D eigenvalue weighted by atomic mass is 10.0. The van der Waals surface area contributed by atoms with Gasteiger partial charge in [-0.2, -0.15) is 5.26 Å². The molecule has 0 aliphatic carbocycles. The maximum absolute atomic E-state index is 9.99. The molecule has 1 aromatic rings. The Bertz CT molecular complexity index is 463. The predicted octanol–water partition coefficient (Wildman–Crippen LogP) is 4.02. The molecule has 0 heterocycles. The first kappa shape index (κ1) is 16.5. The zero-order valence-corrected chi connectivity index (χ0v) is 13.1. The maximum Gasteiger partial charge on any atom is 0.0992 e. The largest absolute Gasteiger partial charge is 0.389 e. The monoisotopic (exact) mass is 274 g/mol. The van der Waals surface area contributed by atoms with Crippen LogP contribution in [-0.4, -0.2) is 17.7 Å². The van der Waals surface area contributed by atoms with Crippen LogP contribution < -0.4 is 4.90 Å². The van der Waals surface area contributed by atoms with Gasteiger partial charge < -0.3 is 10.0 Å². The van der Waals surface area contributed by atoms with Crippen LogP contribution in [0.5, 0.6) is 0 Å². The number of unbranched alkanes of at least 4 members (excludes halogenated alkanes) is 1. The third-order valence-corrected chi connectivity index (χ3v) is 3.79. The number of hydrogen-bond donors (Lipinski definition) is 1. The lowest BCUT2D eigenvalue weighted by molar-refractivity contribution is 0.199. The van der Waals surface area contributed by atoms with E-state index in [-0.39, 0.29) is 0 Å². The van der Waals surface area contributed by atoms with E-state index >= 15 is 0 Å². The Hall–Kier alpha value is -1.53. The molecule has 0 aliphatic rings. The second-order valence-corrected chi connectivity index (χ2v) is 5.37. The van der Waals surface area contributed by atoms with Crippen LogP contribution in [0.3, 0.4) is 0 Å². The molecule has 0 radical (unpaired) electrons. The highest BCUT2D eigenvalue weighted by molar-refractivity contribution is 5.59. The van der Waals surface area contributed by atoms with Gasteiger partial charge in [-0.05, 0) is 38.8 Å². The highest BCUT2D eigenvalue weighted by atomic mass is 16.3.